The van der Waals surface area contributed by atoms with Gasteiger partial charge in [-0.2, -0.15) is 5.10 Å². The van der Waals surface area contributed by atoms with Crippen LogP contribution in [-0.2, 0) is 11.3 Å². The molecule has 4 nitrogen and oxygen atoms in total. The Morgan fingerprint density at radius 3 is 2.95 bits per heavy atom. The van der Waals surface area contributed by atoms with Crippen LogP contribution in [0.25, 0.3) is 5.57 Å². The van der Waals surface area contributed by atoms with Gasteiger partial charge in [0.2, 0.25) is 0 Å². The Morgan fingerprint density at radius 2 is 2.32 bits per heavy atom. The molecule has 0 aliphatic heterocycles. The molecule has 1 unspecified atom stereocenters. The number of nitrogens with two attached hydrogens (primary N) is 1. The fourth-order valence-corrected chi connectivity index (χ4v) is 3.34. The van der Waals surface area contributed by atoms with Crippen LogP contribution >= 0.6 is 15.9 Å². The third kappa shape index (κ3) is 3.46. The highest BCUT2D eigenvalue weighted by Gasteiger charge is 2.29. The summed E-state index contributed by atoms with van der Waals surface area (Å²) in [5, 5.41) is 4.41. The lowest BCUT2D eigenvalue weighted by Gasteiger charge is -2.33. The van der Waals surface area contributed by atoms with Crippen LogP contribution in [0.2, 0.25) is 0 Å². The average molecular weight is 328 g/mol. The molecule has 0 radical (unpaired) electrons. The second kappa shape index (κ2) is 5.77. The Labute approximate surface area is 123 Å². The van der Waals surface area contributed by atoms with Crippen molar-refractivity contribution < 1.29 is 4.74 Å². The maximum atomic E-state index is 6.16. The van der Waals surface area contributed by atoms with Crippen molar-refractivity contribution >= 4 is 21.5 Å². The van der Waals surface area contributed by atoms with Gasteiger partial charge < -0.3 is 10.5 Å². The standard InChI is InChI=1S/C14H22BrN3O/c1-14(2)7-10(6-11(16)8-14)13-12(15)9-17-18(13)4-5-19-3/h6,9,11H,4-5,7-8,16H2,1-3H3. The molecule has 1 heterocycles. The molecule has 5 heteroatoms. The molecule has 0 saturated carbocycles. The monoisotopic (exact) mass is 327 g/mol. The Kier molecular flexibility index (Phi) is 4.48. The second-order valence-electron chi connectivity index (χ2n) is 5.96. The third-order valence-electron chi connectivity index (χ3n) is 3.48. The molecule has 19 heavy (non-hydrogen) atoms. The van der Waals surface area contributed by atoms with E-state index in [4.69, 9.17) is 10.5 Å². The Hall–Kier alpha value is -0.650. The largest absolute Gasteiger partial charge is 0.383 e. The molecule has 0 bridgehead atoms. The number of ether oxygens (including phenoxy) is 1. The van der Waals surface area contributed by atoms with Crippen LogP contribution in [0.1, 0.15) is 32.4 Å². The molecule has 1 aliphatic carbocycles. The molecule has 0 spiro atoms. The van der Waals surface area contributed by atoms with E-state index in [0.717, 1.165) is 29.6 Å². The van der Waals surface area contributed by atoms with Gasteiger partial charge in [0.25, 0.3) is 0 Å². The Bertz CT molecular complexity index is 479. The first kappa shape index (κ1) is 14.8. The van der Waals surface area contributed by atoms with Gasteiger partial charge in [-0.1, -0.05) is 19.9 Å². The number of hydrogen-bond donors (Lipinski definition) is 1. The molecule has 0 aromatic carbocycles. The first-order chi connectivity index (χ1) is 8.93. The SMILES string of the molecule is COCCn1ncc(Br)c1C1=CC(N)CC(C)(C)C1. The lowest BCUT2D eigenvalue weighted by molar-refractivity contribution is 0.183. The molecule has 2 rings (SSSR count). The van der Waals surface area contributed by atoms with E-state index in [0.29, 0.717) is 6.61 Å². The number of methoxy groups -OCH3 is 1. The summed E-state index contributed by atoms with van der Waals surface area (Å²) >= 11 is 3.60. The van der Waals surface area contributed by atoms with Gasteiger partial charge in [-0.3, -0.25) is 4.68 Å². The third-order valence-corrected chi connectivity index (χ3v) is 4.06. The zero-order chi connectivity index (χ0) is 14.0. The molecule has 2 N–H and O–H groups in total. The highest BCUT2D eigenvalue weighted by atomic mass is 79.9. The van der Waals surface area contributed by atoms with Gasteiger partial charge in [0.05, 0.1) is 29.5 Å². The fourth-order valence-electron chi connectivity index (χ4n) is 2.79. The van der Waals surface area contributed by atoms with E-state index in [1.54, 1.807) is 7.11 Å². The van der Waals surface area contributed by atoms with Gasteiger partial charge in [0.15, 0.2) is 0 Å². The first-order valence-corrected chi connectivity index (χ1v) is 7.39. The zero-order valence-corrected chi connectivity index (χ0v) is 13.4. The van der Waals surface area contributed by atoms with Gasteiger partial charge in [-0.05, 0) is 39.8 Å². The van der Waals surface area contributed by atoms with Crippen molar-refractivity contribution in [3.05, 3.63) is 22.4 Å². The molecule has 0 fully saturated rings. The smallest absolute Gasteiger partial charge is 0.0782 e. The number of aromatic nitrogens is 2. The highest BCUT2D eigenvalue weighted by Crippen LogP contribution is 2.40. The molecular weight excluding hydrogens is 306 g/mol. The van der Waals surface area contributed by atoms with Crippen LogP contribution in [0.5, 0.6) is 0 Å². The van der Waals surface area contributed by atoms with E-state index in [1.807, 2.05) is 10.9 Å². The van der Waals surface area contributed by atoms with Crippen molar-refractivity contribution in [2.45, 2.75) is 39.3 Å². The minimum absolute atomic E-state index is 0.122. The van der Waals surface area contributed by atoms with Gasteiger partial charge in [0.1, 0.15) is 0 Å². The molecule has 1 atom stereocenters. The van der Waals surface area contributed by atoms with Crippen LogP contribution in [0, 0.1) is 5.41 Å². The molecule has 1 aliphatic rings. The summed E-state index contributed by atoms with van der Waals surface area (Å²) in [6.07, 6.45) is 6.08. The molecule has 0 amide bonds. The molecular formula is C14H22BrN3O. The van der Waals surface area contributed by atoms with Crippen molar-refractivity contribution in [1.82, 2.24) is 9.78 Å². The maximum absolute atomic E-state index is 6.16. The van der Waals surface area contributed by atoms with Crippen LogP contribution in [0.3, 0.4) is 0 Å². The van der Waals surface area contributed by atoms with Crippen LogP contribution in [0.15, 0.2) is 16.7 Å². The second-order valence-corrected chi connectivity index (χ2v) is 6.81. The summed E-state index contributed by atoms with van der Waals surface area (Å²) in [5.74, 6) is 0. The van der Waals surface area contributed by atoms with Gasteiger partial charge >= 0.3 is 0 Å². The minimum Gasteiger partial charge on any atom is -0.383 e. The molecule has 1 aromatic heterocycles. The molecule has 106 valence electrons. The van der Waals surface area contributed by atoms with E-state index in [9.17, 15) is 0 Å². The quantitative estimate of drug-likeness (QED) is 0.925. The number of rotatable bonds is 4. The first-order valence-electron chi connectivity index (χ1n) is 6.60. The van der Waals surface area contributed by atoms with Crippen LogP contribution in [-0.4, -0.2) is 29.5 Å². The number of hydrogen-bond acceptors (Lipinski definition) is 3. The summed E-state index contributed by atoms with van der Waals surface area (Å²) in [5.41, 5.74) is 8.82. The van der Waals surface area contributed by atoms with Crippen LogP contribution in [0.4, 0.5) is 0 Å². The summed E-state index contributed by atoms with van der Waals surface area (Å²) in [6, 6.07) is 0.122. The normalized spacial score (nSPS) is 22.4. The van der Waals surface area contributed by atoms with Gasteiger partial charge in [-0.15, -0.1) is 0 Å². The Balaban J connectivity index is 2.33. The lowest BCUT2D eigenvalue weighted by Crippen LogP contribution is -2.31. The van der Waals surface area contributed by atoms with E-state index < -0.39 is 0 Å². The van der Waals surface area contributed by atoms with Gasteiger partial charge in [-0.25, -0.2) is 0 Å². The predicted octanol–water partition coefficient (Wildman–Crippen LogP) is 2.82. The number of nitrogens with zero attached hydrogens (tertiary/aromatic N) is 2. The lowest BCUT2D eigenvalue weighted by atomic mass is 9.75. The zero-order valence-electron chi connectivity index (χ0n) is 11.8. The van der Waals surface area contributed by atoms with Crippen molar-refractivity contribution in [2.75, 3.05) is 13.7 Å². The van der Waals surface area contributed by atoms with Crippen LogP contribution < -0.4 is 5.73 Å². The summed E-state index contributed by atoms with van der Waals surface area (Å²) in [6.45, 7) is 5.95. The summed E-state index contributed by atoms with van der Waals surface area (Å²) in [4.78, 5) is 0. The van der Waals surface area contributed by atoms with Crippen molar-refractivity contribution in [3.8, 4) is 0 Å². The highest BCUT2D eigenvalue weighted by molar-refractivity contribution is 9.10. The molecule has 0 saturated heterocycles. The van der Waals surface area contributed by atoms with Crippen molar-refractivity contribution in [1.29, 1.82) is 0 Å². The Morgan fingerprint density at radius 1 is 1.58 bits per heavy atom. The van der Waals surface area contributed by atoms with Gasteiger partial charge in [0, 0.05) is 13.2 Å². The van der Waals surface area contributed by atoms with E-state index >= 15 is 0 Å². The maximum Gasteiger partial charge on any atom is 0.0782 e. The number of halogens is 1. The van der Waals surface area contributed by atoms with Crippen molar-refractivity contribution in [3.63, 3.8) is 0 Å². The van der Waals surface area contributed by atoms with Crippen molar-refractivity contribution in [2.24, 2.45) is 11.1 Å². The topological polar surface area (TPSA) is 53.1 Å². The summed E-state index contributed by atoms with van der Waals surface area (Å²) in [7, 11) is 1.71. The average Bonchev–Trinajstić information content (AvgIpc) is 2.65. The van der Waals surface area contributed by atoms with E-state index in [-0.39, 0.29) is 11.5 Å². The molecule has 1 aromatic rings. The predicted molar refractivity (Wildman–Crippen MR) is 80.8 cm³/mol. The number of allylic oxidation sites excluding steroid dienone is 1. The minimum atomic E-state index is 0.122. The van der Waals surface area contributed by atoms with E-state index in [1.165, 1.54) is 5.57 Å². The summed E-state index contributed by atoms with van der Waals surface area (Å²) < 4.78 is 8.16. The fraction of sp³-hybridized carbons (Fsp3) is 0.643. The van der Waals surface area contributed by atoms with E-state index in [2.05, 4.69) is 41.0 Å².